The number of aromatic nitrogens is 1. The molecule has 96 valence electrons. The third-order valence-corrected chi connectivity index (χ3v) is 4.64. The lowest BCUT2D eigenvalue weighted by atomic mass is 9.98. The number of nitrogens with zero attached hydrogens (tertiary/aromatic N) is 2. The quantitative estimate of drug-likeness (QED) is 0.868. The molecule has 0 bridgehead atoms. The first-order valence-electron chi connectivity index (χ1n) is 5.75. The van der Waals surface area contributed by atoms with E-state index in [1.165, 1.54) is 11.3 Å². The van der Waals surface area contributed by atoms with Crippen LogP contribution in [0.15, 0.2) is 0 Å². The summed E-state index contributed by atoms with van der Waals surface area (Å²) in [5.41, 5.74) is -0.574. The third kappa shape index (κ3) is 3.10. The number of thiazole rings is 1. The number of anilines is 1. The van der Waals surface area contributed by atoms with Crippen LogP contribution in [0.3, 0.4) is 0 Å². The fraction of sp³-hybridized carbons (Fsp3) is 0.727. The molecule has 2 heterocycles. The highest BCUT2D eigenvalue weighted by atomic mass is 35.5. The molecule has 4 nitrogen and oxygen atoms in total. The van der Waals surface area contributed by atoms with E-state index < -0.39 is 5.60 Å². The van der Waals surface area contributed by atoms with Crippen molar-refractivity contribution in [2.24, 2.45) is 0 Å². The Hall–Kier alpha value is -0.360. The number of hydrogen-bond donors (Lipinski definition) is 2. The summed E-state index contributed by atoms with van der Waals surface area (Å²) in [5.74, 6) is 0. The van der Waals surface area contributed by atoms with Crippen LogP contribution in [-0.4, -0.2) is 33.9 Å². The van der Waals surface area contributed by atoms with Crippen molar-refractivity contribution in [1.82, 2.24) is 4.98 Å². The van der Waals surface area contributed by atoms with Crippen molar-refractivity contribution in [2.75, 3.05) is 18.0 Å². The molecule has 1 aliphatic rings. The van der Waals surface area contributed by atoms with Crippen LogP contribution >= 0.6 is 22.9 Å². The molecule has 2 N–H and O–H groups in total. The molecule has 1 saturated heterocycles. The van der Waals surface area contributed by atoms with Crippen molar-refractivity contribution in [3.63, 3.8) is 0 Å². The predicted octanol–water partition coefficient (Wildman–Crippen LogP) is 2.03. The highest BCUT2D eigenvalue weighted by Crippen LogP contribution is 2.32. The Morgan fingerprint density at radius 3 is 2.88 bits per heavy atom. The molecule has 0 amide bonds. The Kier molecular flexibility index (Phi) is 3.92. The minimum Gasteiger partial charge on any atom is -0.391 e. The normalized spacial score (nSPS) is 26.0. The van der Waals surface area contributed by atoms with Gasteiger partial charge in [0, 0.05) is 13.1 Å². The zero-order valence-electron chi connectivity index (χ0n) is 9.82. The van der Waals surface area contributed by atoms with Gasteiger partial charge in [-0.15, -0.1) is 0 Å². The molecule has 1 atom stereocenters. The summed E-state index contributed by atoms with van der Waals surface area (Å²) in [7, 11) is 0. The topological polar surface area (TPSA) is 56.6 Å². The largest absolute Gasteiger partial charge is 0.391 e. The second kappa shape index (κ2) is 5.10. The van der Waals surface area contributed by atoms with E-state index in [1.807, 2.05) is 6.92 Å². The number of halogens is 1. The van der Waals surface area contributed by atoms with Gasteiger partial charge >= 0.3 is 0 Å². The maximum Gasteiger partial charge on any atom is 0.187 e. The van der Waals surface area contributed by atoms with Crippen LogP contribution < -0.4 is 4.90 Å². The van der Waals surface area contributed by atoms with E-state index in [-0.39, 0.29) is 6.61 Å². The summed E-state index contributed by atoms with van der Waals surface area (Å²) < 4.78 is 0. The van der Waals surface area contributed by atoms with Crippen LogP contribution in [0.25, 0.3) is 0 Å². The Bertz CT molecular complexity index is 395. The molecule has 1 fully saturated rings. The second-order valence-corrected chi connectivity index (χ2v) is 6.13. The van der Waals surface area contributed by atoms with E-state index in [2.05, 4.69) is 9.88 Å². The molecular weight excluding hydrogens is 260 g/mol. The van der Waals surface area contributed by atoms with Crippen LogP contribution in [0.4, 0.5) is 5.13 Å². The molecule has 1 aromatic heterocycles. The van der Waals surface area contributed by atoms with E-state index >= 15 is 0 Å². The summed E-state index contributed by atoms with van der Waals surface area (Å²) >= 11 is 7.35. The standard InChI is InChI=1S/C11H17ClN2O2S/c1-11(16)3-2-5-14(6-4-11)10-13-9(12)8(7-15)17-10/h15-16H,2-7H2,1H3. The molecule has 0 spiro atoms. The molecule has 0 saturated carbocycles. The van der Waals surface area contributed by atoms with E-state index in [0.29, 0.717) is 10.0 Å². The third-order valence-electron chi connectivity index (χ3n) is 3.12. The molecule has 0 aliphatic carbocycles. The van der Waals surface area contributed by atoms with Crippen molar-refractivity contribution >= 4 is 28.1 Å². The average molecular weight is 277 g/mol. The molecule has 1 aromatic rings. The van der Waals surface area contributed by atoms with Crippen LogP contribution in [0.1, 0.15) is 31.1 Å². The summed E-state index contributed by atoms with van der Waals surface area (Å²) in [4.78, 5) is 7.11. The highest BCUT2D eigenvalue weighted by molar-refractivity contribution is 7.16. The first-order chi connectivity index (χ1) is 8.02. The SMILES string of the molecule is CC1(O)CCCN(c2nc(Cl)c(CO)s2)CC1. The molecule has 0 radical (unpaired) electrons. The van der Waals surface area contributed by atoms with Crippen molar-refractivity contribution in [1.29, 1.82) is 0 Å². The highest BCUT2D eigenvalue weighted by Gasteiger charge is 2.26. The lowest BCUT2D eigenvalue weighted by Crippen LogP contribution is -2.28. The van der Waals surface area contributed by atoms with Crippen molar-refractivity contribution in [2.45, 2.75) is 38.4 Å². The molecular formula is C11H17ClN2O2S. The maximum absolute atomic E-state index is 10.0. The van der Waals surface area contributed by atoms with Gasteiger partial charge in [0.25, 0.3) is 0 Å². The van der Waals surface area contributed by atoms with E-state index in [0.717, 1.165) is 37.5 Å². The number of hydrogen-bond acceptors (Lipinski definition) is 5. The van der Waals surface area contributed by atoms with E-state index in [4.69, 9.17) is 16.7 Å². The van der Waals surface area contributed by atoms with Gasteiger partial charge in [-0.2, -0.15) is 0 Å². The van der Waals surface area contributed by atoms with Gasteiger partial charge in [-0.3, -0.25) is 0 Å². The van der Waals surface area contributed by atoms with Gasteiger partial charge < -0.3 is 15.1 Å². The fourth-order valence-corrected chi connectivity index (χ4v) is 3.18. The fourth-order valence-electron chi connectivity index (χ4n) is 2.01. The zero-order chi connectivity index (χ0) is 12.5. The molecule has 0 aromatic carbocycles. The summed E-state index contributed by atoms with van der Waals surface area (Å²) in [5, 5.41) is 20.3. The van der Waals surface area contributed by atoms with E-state index in [1.54, 1.807) is 0 Å². The van der Waals surface area contributed by atoms with Crippen LogP contribution in [-0.2, 0) is 6.61 Å². The maximum atomic E-state index is 10.0. The van der Waals surface area contributed by atoms with Crippen LogP contribution in [0.2, 0.25) is 5.15 Å². The van der Waals surface area contributed by atoms with Gasteiger partial charge in [0.2, 0.25) is 0 Å². The van der Waals surface area contributed by atoms with Gasteiger partial charge in [0.05, 0.1) is 17.1 Å². The van der Waals surface area contributed by atoms with Gasteiger partial charge in [-0.25, -0.2) is 4.98 Å². The van der Waals surface area contributed by atoms with Gasteiger partial charge in [0.15, 0.2) is 5.13 Å². The predicted molar refractivity (Wildman–Crippen MR) is 69.7 cm³/mol. The minimum atomic E-state index is -0.574. The molecule has 17 heavy (non-hydrogen) atoms. The summed E-state index contributed by atoms with van der Waals surface area (Å²) in [6.45, 7) is 3.47. The number of rotatable bonds is 2. The lowest BCUT2D eigenvalue weighted by Gasteiger charge is -2.21. The molecule has 1 aliphatic heterocycles. The second-order valence-electron chi connectivity index (χ2n) is 4.71. The Balaban J connectivity index is 2.11. The Labute approximate surface area is 110 Å². The minimum absolute atomic E-state index is 0.0674. The summed E-state index contributed by atoms with van der Waals surface area (Å²) in [6, 6.07) is 0. The van der Waals surface area contributed by atoms with Crippen molar-refractivity contribution in [3.05, 3.63) is 10.0 Å². The molecule has 1 unspecified atom stereocenters. The number of aliphatic hydroxyl groups excluding tert-OH is 1. The average Bonchev–Trinajstić information content (AvgIpc) is 2.54. The molecule has 6 heteroatoms. The smallest absolute Gasteiger partial charge is 0.187 e. The van der Waals surface area contributed by atoms with Crippen molar-refractivity contribution in [3.8, 4) is 0 Å². The van der Waals surface area contributed by atoms with Gasteiger partial charge in [-0.05, 0) is 26.2 Å². The monoisotopic (exact) mass is 276 g/mol. The Morgan fingerprint density at radius 2 is 2.24 bits per heavy atom. The first kappa shape index (κ1) is 13.1. The van der Waals surface area contributed by atoms with E-state index in [9.17, 15) is 5.11 Å². The van der Waals surface area contributed by atoms with Crippen LogP contribution in [0, 0.1) is 0 Å². The lowest BCUT2D eigenvalue weighted by molar-refractivity contribution is 0.0481. The first-order valence-corrected chi connectivity index (χ1v) is 6.95. The zero-order valence-corrected chi connectivity index (χ0v) is 11.4. The Morgan fingerprint density at radius 1 is 1.47 bits per heavy atom. The van der Waals surface area contributed by atoms with Crippen molar-refractivity contribution < 1.29 is 10.2 Å². The van der Waals surface area contributed by atoms with Crippen LogP contribution in [0.5, 0.6) is 0 Å². The van der Waals surface area contributed by atoms with Gasteiger partial charge in [0.1, 0.15) is 5.15 Å². The summed E-state index contributed by atoms with van der Waals surface area (Å²) in [6.07, 6.45) is 2.49. The molecule has 2 rings (SSSR count). The van der Waals surface area contributed by atoms with Gasteiger partial charge in [-0.1, -0.05) is 22.9 Å². The number of aliphatic hydroxyl groups is 2.